The Balaban J connectivity index is 1.88. The SMILES string of the molecule is C=CCN(CC(=O)Nc1nc(-c2ccccc2)cn1-c1ccc(C)cc1)C(=O)NCC. The van der Waals surface area contributed by atoms with E-state index in [9.17, 15) is 9.59 Å². The van der Waals surface area contributed by atoms with Crippen LogP contribution in [0.1, 0.15) is 12.5 Å². The van der Waals surface area contributed by atoms with Gasteiger partial charge in [0.15, 0.2) is 0 Å². The minimum Gasteiger partial charge on any atom is -0.338 e. The lowest BCUT2D eigenvalue weighted by molar-refractivity contribution is -0.116. The molecule has 0 aliphatic carbocycles. The Morgan fingerprint density at radius 3 is 2.48 bits per heavy atom. The van der Waals surface area contributed by atoms with E-state index < -0.39 is 0 Å². The number of hydrogen-bond donors (Lipinski definition) is 2. The van der Waals surface area contributed by atoms with Crippen molar-refractivity contribution in [3.8, 4) is 16.9 Å². The van der Waals surface area contributed by atoms with Crippen molar-refractivity contribution in [1.29, 1.82) is 0 Å². The van der Waals surface area contributed by atoms with E-state index in [1.54, 1.807) is 6.08 Å². The number of aromatic nitrogens is 2. The molecule has 0 saturated carbocycles. The molecule has 0 atom stereocenters. The number of hydrogen-bond acceptors (Lipinski definition) is 3. The Labute approximate surface area is 182 Å². The lowest BCUT2D eigenvalue weighted by Gasteiger charge is -2.20. The van der Waals surface area contributed by atoms with Crippen molar-refractivity contribution in [2.24, 2.45) is 0 Å². The number of rotatable bonds is 8. The molecule has 2 N–H and O–H groups in total. The third-order valence-corrected chi connectivity index (χ3v) is 4.64. The van der Waals surface area contributed by atoms with Crippen molar-refractivity contribution in [2.45, 2.75) is 13.8 Å². The Kier molecular flexibility index (Phi) is 7.22. The van der Waals surface area contributed by atoms with Crippen LogP contribution in [-0.2, 0) is 4.79 Å². The molecule has 3 aromatic rings. The van der Waals surface area contributed by atoms with E-state index in [1.165, 1.54) is 4.90 Å². The third kappa shape index (κ3) is 5.60. The Morgan fingerprint density at radius 1 is 1.13 bits per heavy atom. The van der Waals surface area contributed by atoms with Crippen LogP contribution in [0.15, 0.2) is 73.4 Å². The Bertz CT molecular complexity index is 1040. The fraction of sp³-hybridized carbons (Fsp3) is 0.208. The van der Waals surface area contributed by atoms with E-state index in [2.05, 4.69) is 22.2 Å². The first kappa shape index (κ1) is 21.8. The molecule has 0 saturated heterocycles. The van der Waals surface area contributed by atoms with Crippen molar-refractivity contribution in [1.82, 2.24) is 19.8 Å². The van der Waals surface area contributed by atoms with Gasteiger partial charge in [0, 0.05) is 30.5 Å². The van der Waals surface area contributed by atoms with E-state index in [-0.39, 0.29) is 25.0 Å². The van der Waals surface area contributed by atoms with E-state index in [4.69, 9.17) is 0 Å². The number of benzene rings is 2. The number of nitrogens with one attached hydrogen (secondary N) is 2. The minimum absolute atomic E-state index is 0.112. The van der Waals surface area contributed by atoms with Crippen LogP contribution in [0.3, 0.4) is 0 Å². The highest BCUT2D eigenvalue weighted by molar-refractivity contribution is 5.93. The first-order chi connectivity index (χ1) is 15.0. The first-order valence-electron chi connectivity index (χ1n) is 10.2. The molecule has 1 aromatic heterocycles. The second-order valence-corrected chi connectivity index (χ2v) is 7.07. The molecular formula is C24H27N5O2. The molecule has 2 aromatic carbocycles. The summed E-state index contributed by atoms with van der Waals surface area (Å²) in [5, 5.41) is 5.56. The molecule has 0 aliphatic heterocycles. The molecule has 0 fully saturated rings. The third-order valence-electron chi connectivity index (χ3n) is 4.64. The number of urea groups is 1. The lowest BCUT2D eigenvalue weighted by Crippen LogP contribution is -2.44. The van der Waals surface area contributed by atoms with Crippen LogP contribution in [0.4, 0.5) is 10.7 Å². The number of amides is 3. The van der Waals surface area contributed by atoms with Crippen molar-refractivity contribution in [3.63, 3.8) is 0 Å². The largest absolute Gasteiger partial charge is 0.338 e. The zero-order valence-corrected chi connectivity index (χ0v) is 17.8. The summed E-state index contributed by atoms with van der Waals surface area (Å²) in [6, 6.07) is 17.4. The summed E-state index contributed by atoms with van der Waals surface area (Å²) in [7, 11) is 0. The molecule has 160 valence electrons. The molecular weight excluding hydrogens is 390 g/mol. The Hall–Kier alpha value is -3.87. The van der Waals surface area contributed by atoms with Crippen LogP contribution in [-0.4, -0.2) is 46.0 Å². The number of anilines is 1. The van der Waals surface area contributed by atoms with Gasteiger partial charge in [0.2, 0.25) is 11.9 Å². The van der Waals surface area contributed by atoms with E-state index in [1.807, 2.05) is 79.2 Å². The second kappa shape index (κ2) is 10.2. The van der Waals surface area contributed by atoms with Crippen molar-refractivity contribution < 1.29 is 9.59 Å². The average Bonchev–Trinajstić information content (AvgIpc) is 3.18. The minimum atomic E-state index is -0.341. The number of imidazole rings is 1. The summed E-state index contributed by atoms with van der Waals surface area (Å²) >= 11 is 0. The zero-order chi connectivity index (χ0) is 22.2. The number of carbonyl (C=O) groups is 2. The van der Waals surface area contributed by atoms with E-state index >= 15 is 0 Å². The highest BCUT2D eigenvalue weighted by Gasteiger charge is 2.18. The van der Waals surface area contributed by atoms with Gasteiger partial charge in [0.1, 0.15) is 6.54 Å². The molecule has 7 nitrogen and oxygen atoms in total. The maximum Gasteiger partial charge on any atom is 0.318 e. The van der Waals surface area contributed by atoms with Crippen LogP contribution >= 0.6 is 0 Å². The van der Waals surface area contributed by atoms with Crippen molar-refractivity contribution in [3.05, 3.63) is 79.0 Å². The number of nitrogens with zero attached hydrogens (tertiary/aromatic N) is 3. The van der Waals surface area contributed by atoms with Gasteiger partial charge in [0.25, 0.3) is 0 Å². The molecule has 0 aliphatic rings. The lowest BCUT2D eigenvalue weighted by atomic mass is 10.2. The van der Waals surface area contributed by atoms with Gasteiger partial charge < -0.3 is 10.2 Å². The number of aryl methyl sites for hydroxylation is 1. The number of carbonyl (C=O) groups excluding carboxylic acids is 2. The van der Waals surface area contributed by atoms with Crippen molar-refractivity contribution in [2.75, 3.05) is 25.0 Å². The molecule has 1 heterocycles. The van der Waals surface area contributed by atoms with Gasteiger partial charge in [-0.05, 0) is 26.0 Å². The second-order valence-electron chi connectivity index (χ2n) is 7.07. The maximum absolute atomic E-state index is 12.8. The molecule has 3 rings (SSSR count). The first-order valence-corrected chi connectivity index (χ1v) is 10.2. The van der Waals surface area contributed by atoms with E-state index in [0.29, 0.717) is 12.5 Å². The zero-order valence-electron chi connectivity index (χ0n) is 17.8. The summed E-state index contributed by atoms with van der Waals surface area (Å²) < 4.78 is 1.84. The maximum atomic E-state index is 12.8. The predicted molar refractivity (Wildman–Crippen MR) is 123 cm³/mol. The summed E-state index contributed by atoms with van der Waals surface area (Å²) in [6.07, 6.45) is 3.48. The molecule has 7 heteroatoms. The quantitative estimate of drug-likeness (QED) is 0.544. The van der Waals surface area contributed by atoms with Gasteiger partial charge in [-0.2, -0.15) is 0 Å². The fourth-order valence-electron chi connectivity index (χ4n) is 3.09. The standard InChI is InChI=1S/C24H27N5O2/c1-4-15-28(24(31)25-5-2)17-22(30)27-23-26-21(19-9-7-6-8-10-19)16-29(23)20-13-11-18(3)12-14-20/h4,6-14,16H,1,5,15,17H2,2-3H3,(H,25,31)(H,26,27,30). The van der Waals surface area contributed by atoms with Crippen LogP contribution in [0.2, 0.25) is 0 Å². The van der Waals surface area contributed by atoms with Crippen LogP contribution in [0, 0.1) is 6.92 Å². The highest BCUT2D eigenvalue weighted by atomic mass is 16.2. The van der Waals surface area contributed by atoms with Gasteiger partial charge in [0.05, 0.1) is 5.69 Å². The smallest absolute Gasteiger partial charge is 0.318 e. The van der Waals surface area contributed by atoms with Crippen LogP contribution < -0.4 is 10.6 Å². The van der Waals surface area contributed by atoms with Crippen LogP contribution in [0.5, 0.6) is 0 Å². The molecule has 3 amide bonds. The van der Waals surface area contributed by atoms with Crippen LogP contribution in [0.25, 0.3) is 16.9 Å². The van der Waals surface area contributed by atoms with Crippen molar-refractivity contribution >= 4 is 17.9 Å². The Morgan fingerprint density at radius 2 is 1.84 bits per heavy atom. The van der Waals surface area contributed by atoms with Gasteiger partial charge in [-0.3, -0.25) is 14.7 Å². The van der Waals surface area contributed by atoms with Gasteiger partial charge in [-0.15, -0.1) is 6.58 Å². The molecule has 0 bridgehead atoms. The van der Waals surface area contributed by atoms with Gasteiger partial charge in [-0.25, -0.2) is 9.78 Å². The molecule has 0 unspecified atom stereocenters. The van der Waals surface area contributed by atoms with E-state index in [0.717, 1.165) is 22.5 Å². The highest BCUT2D eigenvalue weighted by Crippen LogP contribution is 2.24. The molecule has 0 radical (unpaired) electrons. The fourth-order valence-corrected chi connectivity index (χ4v) is 3.09. The summed E-state index contributed by atoms with van der Waals surface area (Å²) in [6.45, 7) is 8.14. The summed E-state index contributed by atoms with van der Waals surface area (Å²) in [5.41, 5.74) is 3.70. The molecule has 0 spiro atoms. The van der Waals surface area contributed by atoms with Gasteiger partial charge in [-0.1, -0.05) is 54.1 Å². The average molecular weight is 418 g/mol. The molecule has 31 heavy (non-hydrogen) atoms. The summed E-state index contributed by atoms with van der Waals surface area (Å²) in [5.74, 6) is 0.0498. The monoisotopic (exact) mass is 417 g/mol. The topological polar surface area (TPSA) is 79.3 Å². The normalized spacial score (nSPS) is 10.4. The predicted octanol–water partition coefficient (Wildman–Crippen LogP) is 4.00. The summed E-state index contributed by atoms with van der Waals surface area (Å²) in [4.78, 5) is 31.0. The van der Waals surface area contributed by atoms with Gasteiger partial charge >= 0.3 is 6.03 Å².